The molecule has 1 aliphatic rings. The molecule has 0 aliphatic carbocycles. The van der Waals surface area contributed by atoms with Gasteiger partial charge in [-0.05, 0) is 43.3 Å². The molecule has 0 bridgehead atoms. The highest BCUT2D eigenvalue weighted by Crippen LogP contribution is 2.27. The zero-order valence-electron chi connectivity index (χ0n) is 15.0. The van der Waals surface area contributed by atoms with E-state index in [-0.39, 0.29) is 17.0 Å². The van der Waals surface area contributed by atoms with Gasteiger partial charge in [0.2, 0.25) is 5.91 Å². The van der Waals surface area contributed by atoms with Gasteiger partial charge in [-0.3, -0.25) is 4.79 Å². The largest absolute Gasteiger partial charge is 0.497 e. The predicted molar refractivity (Wildman–Crippen MR) is 104 cm³/mol. The SMILES string of the molecule is COc1ccc(S[C@@H](C)C(=O)N2CCN(c3ccccc3F)CC2)cc1. The van der Waals surface area contributed by atoms with E-state index in [0.717, 1.165) is 10.6 Å². The van der Waals surface area contributed by atoms with Crippen molar-refractivity contribution in [3.63, 3.8) is 0 Å². The molecule has 0 N–H and O–H groups in total. The third kappa shape index (κ3) is 4.30. The number of carbonyl (C=O) groups is 1. The zero-order valence-corrected chi connectivity index (χ0v) is 15.8. The predicted octanol–water partition coefficient (Wildman–Crippen LogP) is 3.66. The van der Waals surface area contributed by atoms with Gasteiger partial charge in [-0.15, -0.1) is 11.8 Å². The second-order valence-electron chi connectivity index (χ2n) is 6.20. The maximum Gasteiger partial charge on any atom is 0.235 e. The highest BCUT2D eigenvalue weighted by Gasteiger charge is 2.26. The minimum Gasteiger partial charge on any atom is -0.497 e. The van der Waals surface area contributed by atoms with Crippen LogP contribution in [0.25, 0.3) is 0 Å². The van der Waals surface area contributed by atoms with Crippen molar-refractivity contribution >= 4 is 23.4 Å². The summed E-state index contributed by atoms with van der Waals surface area (Å²) in [7, 11) is 1.63. The van der Waals surface area contributed by atoms with Crippen LogP contribution in [0.15, 0.2) is 53.4 Å². The fraction of sp³-hybridized carbons (Fsp3) is 0.350. The minimum atomic E-state index is -0.212. The van der Waals surface area contributed by atoms with Crippen molar-refractivity contribution in [2.75, 3.05) is 38.2 Å². The van der Waals surface area contributed by atoms with Gasteiger partial charge in [0.15, 0.2) is 0 Å². The Balaban J connectivity index is 1.55. The lowest BCUT2D eigenvalue weighted by Gasteiger charge is -2.37. The van der Waals surface area contributed by atoms with E-state index in [0.29, 0.717) is 31.9 Å². The summed E-state index contributed by atoms with van der Waals surface area (Å²) in [5.74, 6) is 0.715. The molecule has 1 amide bonds. The van der Waals surface area contributed by atoms with Crippen molar-refractivity contribution < 1.29 is 13.9 Å². The maximum atomic E-state index is 13.9. The summed E-state index contributed by atoms with van der Waals surface area (Å²) < 4.78 is 19.1. The second-order valence-corrected chi connectivity index (χ2v) is 7.61. The number of anilines is 1. The molecule has 1 heterocycles. The Hall–Kier alpha value is -2.21. The van der Waals surface area contributed by atoms with Gasteiger partial charge >= 0.3 is 0 Å². The molecule has 0 spiro atoms. The molecule has 0 saturated carbocycles. The highest BCUT2D eigenvalue weighted by atomic mass is 32.2. The number of nitrogens with zero attached hydrogens (tertiary/aromatic N) is 2. The summed E-state index contributed by atoms with van der Waals surface area (Å²) in [6.45, 7) is 4.45. The molecule has 3 rings (SSSR count). The van der Waals surface area contributed by atoms with Crippen LogP contribution in [0.1, 0.15) is 6.92 Å². The molecular weight excluding hydrogens is 351 g/mol. The number of halogens is 1. The molecule has 138 valence electrons. The zero-order chi connectivity index (χ0) is 18.5. The molecule has 0 aromatic heterocycles. The van der Waals surface area contributed by atoms with Gasteiger partial charge < -0.3 is 14.5 Å². The number of amides is 1. The normalized spacial score (nSPS) is 15.7. The Morgan fingerprint density at radius 1 is 1.08 bits per heavy atom. The fourth-order valence-corrected chi connectivity index (χ4v) is 3.99. The second kappa shape index (κ2) is 8.45. The Morgan fingerprint density at radius 3 is 2.35 bits per heavy atom. The number of rotatable bonds is 5. The standard InChI is InChI=1S/C20H23FN2O2S/c1-15(26-17-9-7-16(25-2)8-10-17)20(24)23-13-11-22(12-14-23)19-6-4-3-5-18(19)21/h3-10,15H,11-14H2,1-2H3/t15-/m0/s1. The molecule has 1 aliphatic heterocycles. The fourth-order valence-electron chi connectivity index (χ4n) is 3.04. The van der Waals surface area contributed by atoms with Crippen molar-refractivity contribution in [2.24, 2.45) is 0 Å². The average molecular weight is 374 g/mol. The Bertz CT molecular complexity index is 746. The molecular formula is C20H23FN2O2S. The third-order valence-corrected chi connectivity index (χ3v) is 5.60. The number of thioether (sulfide) groups is 1. The van der Waals surface area contributed by atoms with E-state index in [4.69, 9.17) is 4.74 Å². The Labute approximate surface area is 157 Å². The number of ether oxygens (including phenoxy) is 1. The molecule has 0 radical (unpaired) electrons. The van der Waals surface area contributed by atoms with Gasteiger partial charge in [-0.2, -0.15) is 0 Å². The van der Waals surface area contributed by atoms with Crippen LogP contribution in [0, 0.1) is 5.82 Å². The first-order chi connectivity index (χ1) is 12.6. The van der Waals surface area contributed by atoms with E-state index in [1.54, 1.807) is 31.0 Å². The van der Waals surface area contributed by atoms with Crippen molar-refractivity contribution in [1.82, 2.24) is 4.90 Å². The van der Waals surface area contributed by atoms with Gasteiger partial charge in [-0.1, -0.05) is 12.1 Å². The first-order valence-electron chi connectivity index (χ1n) is 8.67. The molecule has 26 heavy (non-hydrogen) atoms. The van der Waals surface area contributed by atoms with Crippen LogP contribution in [0.4, 0.5) is 10.1 Å². The molecule has 0 unspecified atom stereocenters. The molecule has 2 aromatic rings. The van der Waals surface area contributed by atoms with E-state index >= 15 is 0 Å². The summed E-state index contributed by atoms with van der Waals surface area (Å²) in [6.07, 6.45) is 0. The molecule has 1 atom stereocenters. The number of piperazine rings is 1. The van der Waals surface area contributed by atoms with Crippen molar-refractivity contribution in [3.05, 3.63) is 54.3 Å². The first-order valence-corrected chi connectivity index (χ1v) is 9.55. The Kier molecular flexibility index (Phi) is 6.04. The monoisotopic (exact) mass is 374 g/mol. The van der Waals surface area contributed by atoms with Crippen molar-refractivity contribution in [3.8, 4) is 5.75 Å². The van der Waals surface area contributed by atoms with Crippen LogP contribution in [0.3, 0.4) is 0 Å². The number of methoxy groups -OCH3 is 1. The molecule has 4 nitrogen and oxygen atoms in total. The lowest BCUT2D eigenvalue weighted by atomic mass is 10.2. The van der Waals surface area contributed by atoms with Gasteiger partial charge in [0.1, 0.15) is 11.6 Å². The van der Waals surface area contributed by atoms with E-state index in [2.05, 4.69) is 0 Å². The molecule has 2 aromatic carbocycles. The minimum absolute atomic E-state index is 0.124. The van der Waals surface area contributed by atoms with Crippen molar-refractivity contribution in [1.29, 1.82) is 0 Å². The van der Waals surface area contributed by atoms with Gasteiger partial charge in [0.25, 0.3) is 0 Å². The number of hydrogen-bond acceptors (Lipinski definition) is 4. The van der Waals surface area contributed by atoms with Crippen LogP contribution in [0.2, 0.25) is 0 Å². The summed E-state index contributed by atoms with van der Waals surface area (Å²) in [6, 6.07) is 14.5. The molecule has 1 fully saturated rings. The summed E-state index contributed by atoms with van der Waals surface area (Å²) in [5.41, 5.74) is 0.611. The van der Waals surface area contributed by atoms with E-state index < -0.39 is 0 Å². The lowest BCUT2D eigenvalue weighted by molar-refractivity contribution is -0.130. The maximum absolute atomic E-state index is 13.9. The van der Waals surface area contributed by atoms with Gasteiger partial charge in [0, 0.05) is 31.1 Å². The van der Waals surface area contributed by atoms with Crippen LogP contribution in [-0.4, -0.2) is 49.3 Å². The summed E-state index contributed by atoms with van der Waals surface area (Å²) in [5, 5.41) is -0.164. The summed E-state index contributed by atoms with van der Waals surface area (Å²) >= 11 is 1.54. The number of para-hydroxylation sites is 1. The van der Waals surface area contributed by atoms with E-state index in [1.807, 2.05) is 47.1 Å². The third-order valence-electron chi connectivity index (χ3n) is 4.50. The molecule has 6 heteroatoms. The number of hydrogen-bond donors (Lipinski definition) is 0. The van der Waals surface area contributed by atoms with E-state index in [1.165, 1.54) is 6.07 Å². The Morgan fingerprint density at radius 2 is 1.73 bits per heavy atom. The first kappa shape index (κ1) is 18.6. The van der Waals surface area contributed by atoms with Crippen molar-refractivity contribution in [2.45, 2.75) is 17.1 Å². The lowest BCUT2D eigenvalue weighted by Crippen LogP contribution is -2.50. The van der Waals surface area contributed by atoms with E-state index in [9.17, 15) is 9.18 Å². The van der Waals surface area contributed by atoms with Crippen LogP contribution in [0.5, 0.6) is 5.75 Å². The quantitative estimate of drug-likeness (QED) is 0.748. The topological polar surface area (TPSA) is 32.8 Å². The highest BCUT2D eigenvalue weighted by molar-refractivity contribution is 8.00. The average Bonchev–Trinajstić information content (AvgIpc) is 2.68. The van der Waals surface area contributed by atoms with Crippen LogP contribution in [-0.2, 0) is 4.79 Å². The van der Waals surface area contributed by atoms with Crippen LogP contribution >= 0.6 is 11.8 Å². The smallest absolute Gasteiger partial charge is 0.235 e. The van der Waals surface area contributed by atoms with Gasteiger partial charge in [-0.25, -0.2) is 4.39 Å². The summed E-state index contributed by atoms with van der Waals surface area (Å²) in [4.78, 5) is 17.6. The van der Waals surface area contributed by atoms with Gasteiger partial charge in [0.05, 0.1) is 18.0 Å². The molecule has 1 saturated heterocycles. The number of benzene rings is 2. The number of carbonyl (C=O) groups excluding carboxylic acids is 1. The van der Waals surface area contributed by atoms with Crippen LogP contribution < -0.4 is 9.64 Å².